The Morgan fingerprint density at radius 2 is 1.78 bits per heavy atom. The van der Waals surface area contributed by atoms with Crippen molar-refractivity contribution in [2.45, 2.75) is 12.1 Å². The summed E-state index contributed by atoms with van der Waals surface area (Å²) in [5.74, 6) is -1.31. The second-order valence-corrected chi connectivity index (χ2v) is 4.96. The van der Waals surface area contributed by atoms with Crippen molar-refractivity contribution in [3.63, 3.8) is 0 Å². The zero-order valence-corrected chi connectivity index (χ0v) is 10.6. The molecule has 0 aromatic heterocycles. The van der Waals surface area contributed by atoms with Crippen LogP contribution >= 0.6 is 0 Å². The van der Waals surface area contributed by atoms with Crippen LogP contribution < -0.4 is 0 Å². The largest absolute Gasteiger partial charge is 0.387 e. The van der Waals surface area contributed by atoms with Crippen LogP contribution in [0.2, 0.25) is 0 Å². The lowest BCUT2D eigenvalue weighted by Crippen LogP contribution is -2.52. The second kappa shape index (κ2) is 5.30. The summed E-state index contributed by atoms with van der Waals surface area (Å²) in [7, 11) is 3.88. The van der Waals surface area contributed by atoms with E-state index in [1.807, 2.05) is 19.0 Å². The van der Waals surface area contributed by atoms with E-state index in [4.69, 9.17) is 0 Å². The van der Waals surface area contributed by atoms with Crippen molar-refractivity contribution in [2.75, 3.05) is 33.7 Å². The maximum absolute atomic E-state index is 13.2. The van der Waals surface area contributed by atoms with Crippen molar-refractivity contribution in [3.8, 4) is 0 Å². The summed E-state index contributed by atoms with van der Waals surface area (Å²) < 4.78 is 26.3. The monoisotopic (exact) mass is 256 g/mol. The number of hydrogen-bond acceptors (Lipinski definition) is 3. The van der Waals surface area contributed by atoms with Crippen LogP contribution in [0.5, 0.6) is 0 Å². The number of nitrogens with zero attached hydrogens (tertiary/aromatic N) is 2. The van der Waals surface area contributed by atoms with Crippen molar-refractivity contribution >= 4 is 0 Å². The minimum atomic E-state index is -0.886. The molecule has 1 heterocycles. The van der Waals surface area contributed by atoms with Crippen LogP contribution in [0.15, 0.2) is 18.2 Å². The normalized spacial score (nSPS) is 24.2. The van der Waals surface area contributed by atoms with Crippen molar-refractivity contribution < 1.29 is 13.9 Å². The molecule has 5 heteroatoms. The summed E-state index contributed by atoms with van der Waals surface area (Å²) in [6, 6.07) is 3.05. The number of likely N-dealkylation sites (N-methyl/N-ethyl adjacent to an activating group) is 2. The van der Waals surface area contributed by atoms with Gasteiger partial charge in [0.1, 0.15) is 11.6 Å². The molecular weight excluding hydrogens is 238 g/mol. The van der Waals surface area contributed by atoms with Crippen LogP contribution in [-0.2, 0) is 0 Å². The quantitative estimate of drug-likeness (QED) is 0.862. The van der Waals surface area contributed by atoms with Gasteiger partial charge in [0, 0.05) is 25.7 Å². The van der Waals surface area contributed by atoms with Gasteiger partial charge in [0.25, 0.3) is 0 Å². The van der Waals surface area contributed by atoms with E-state index >= 15 is 0 Å². The number of benzene rings is 1. The standard InChI is InChI=1S/C13H18F2N2O/c1-16-3-4-17(2)12(8-16)13(18)9-5-10(14)7-11(15)6-9/h5-7,12-13,18H,3-4,8H2,1-2H3. The molecule has 0 saturated carbocycles. The van der Waals surface area contributed by atoms with Gasteiger partial charge in [0.05, 0.1) is 12.1 Å². The van der Waals surface area contributed by atoms with E-state index in [9.17, 15) is 13.9 Å². The van der Waals surface area contributed by atoms with E-state index in [0.29, 0.717) is 12.1 Å². The minimum absolute atomic E-state index is 0.148. The molecule has 1 saturated heterocycles. The fraction of sp³-hybridized carbons (Fsp3) is 0.538. The molecule has 1 aromatic carbocycles. The number of halogens is 2. The molecule has 1 aliphatic heterocycles. The summed E-state index contributed by atoms with van der Waals surface area (Å²) in [5, 5.41) is 10.3. The predicted octanol–water partition coefficient (Wildman–Crippen LogP) is 1.24. The lowest BCUT2D eigenvalue weighted by atomic mass is 9.99. The zero-order valence-electron chi connectivity index (χ0n) is 10.6. The number of aliphatic hydroxyl groups excluding tert-OH is 1. The first-order valence-electron chi connectivity index (χ1n) is 6.00. The third-order valence-electron chi connectivity index (χ3n) is 3.49. The smallest absolute Gasteiger partial charge is 0.126 e. The number of aliphatic hydroxyl groups is 1. The van der Waals surface area contributed by atoms with Gasteiger partial charge in [-0.15, -0.1) is 0 Å². The van der Waals surface area contributed by atoms with Crippen molar-refractivity contribution in [2.24, 2.45) is 0 Å². The van der Waals surface area contributed by atoms with Gasteiger partial charge < -0.3 is 10.0 Å². The third kappa shape index (κ3) is 2.85. The molecule has 1 aromatic rings. The Labute approximate surface area is 106 Å². The molecule has 0 spiro atoms. The zero-order chi connectivity index (χ0) is 13.3. The molecule has 0 aliphatic carbocycles. The topological polar surface area (TPSA) is 26.7 Å². The van der Waals surface area contributed by atoms with Crippen LogP contribution in [0.4, 0.5) is 8.78 Å². The van der Waals surface area contributed by atoms with Gasteiger partial charge in [-0.2, -0.15) is 0 Å². The molecule has 3 nitrogen and oxygen atoms in total. The molecule has 0 radical (unpaired) electrons. The van der Waals surface area contributed by atoms with E-state index in [-0.39, 0.29) is 6.04 Å². The van der Waals surface area contributed by atoms with Gasteiger partial charge in [-0.05, 0) is 31.8 Å². The Hall–Kier alpha value is -1.04. The first-order valence-corrected chi connectivity index (χ1v) is 6.00. The van der Waals surface area contributed by atoms with Crippen LogP contribution in [0.25, 0.3) is 0 Å². The van der Waals surface area contributed by atoms with Crippen LogP contribution in [-0.4, -0.2) is 54.7 Å². The van der Waals surface area contributed by atoms with E-state index in [1.54, 1.807) is 0 Å². The molecule has 2 rings (SSSR count). The molecule has 18 heavy (non-hydrogen) atoms. The van der Waals surface area contributed by atoms with Gasteiger partial charge in [-0.25, -0.2) is 8.78 Å². The Bertz CT molecular complexity index is 407. The Balaban J connectivity index is 2.21. The predicted molar refractivity (Wildman–Crippen MR) is 65.2 cm³/mol. The fourth-order valence-corrected chi connectivity index (χ4v) is 2.35. The molecule has 1 N–H and O–H groups in total. The highest BCUT2D eigenvalue weighted by Crippen LogP contribution is 2.24. The van der Waals surface area contributed by atoms with E-state index in [2.05, 4.69) is 4.90 Å². The first-order chi connectivity index (χ1) is 8.47. The molecule has 2 atom stereocenters. The summed E-state index contributed by atoms with van der Waals surface area (Å²) >= 11 is 0. The van der Waals surface area contributed by atoms with E-state index in [0.717, 1.165) is 19.2 Å². The van der Waals surface area contributed by atoms with Gasteiger partial charge in [0.2, 0.25) is 0 Å². The number of piperazine rings is 1. The Morgan fingerprint density at radius 3 is 2.39 bits per heavy atom. The molecule has 0 amide bonds. The summed E-state index contributed by atoms with van der Waals surface area (Å²) in [6.07, 6.45) is -0.886. The minimum Gasteiger partial charge on any atom is -0.387 e. The molecule has 100 valence electrons. The van der Waals surface area contributed by atoms with Crippen LogP contribution in [0.3, 0.4) is 0 Å². The lowest BCUT2D eigenvalue weighted by molar-refractivity contribution is 0.0135. The van der Waals surface area contributed by atoms with Gasteiger partial charge in [-0.3, -0.25) is 4.90 Å². The summed E-state index contributed by atoms with van der Waals surface area (Å²) in [4.78, 5) is 4.12. The van der Waals surface area contributed by atoms with E-state index < -0.39 is 17.7 Å². The van der Waals surface area contributed by atoms with Crippen molar-refractivity contribution in [1.29, 1.82) is 0 Å². The number of hydrogen-bond donors (Lipinski definition) is 1. The average Bonchev–Trinajstić information content (AvgIpc) is 2.30. The fourth-order valence-electron chi connectivity index (χ4n) is 2.35. The van der Waals surface area contributed by atoms with Crippen LogP contribution in [0, 0.1) is 11.6 Å². The Kier molecular flexibility index (Phi) is 3.94. The summed E-state index contributed by atoms with van der Waals surface area (Å²) in [6.45, 7) is 2.43. The first kappa shape index (κ1) is 13.4. The molecule has 2 unspecified atom stereocenters. The maximum atomic E-state index is 13.2. The van der Waals surface area contributed by atoms with Crippen molar-refractivity contribution in [1.82, 2.24) is 9.80 Å². The van der Waals surface area contributed by atoms with E-state index in [1.165, 1.54) is 12.1 Å². The highest BCUT2D eigenvalue weighted by molar-refractivity contribution is 5.21. The molecule has 0 bridgehead atoms. The number of rotatable bonds is 2. The average molecular weight is 256 g/mol. The van der Waals surface area contributed by atoms with Crippen molar-refractivity contribution in [3.05, 3.63) is 35.4 Å². The highest BCUT2D eigenvalue weighted by Gasteiger charge is 2.29. The third-order valence-corrected chi connectivity index (χ3v) is 3.49. The van der Waals surface area contributed by atoms with Gasteiger partial charge in [-0.1, -0.05) is 0 Å². The maximum Gasteiger partial charge on any atom is 0.126 e. The van der Waals surface area contributed by atoms with Gasteiger partial charge in [0.15, 0.2) is 0 Å². The lowest BCUT2D eigenvalue weighted by Gasteiger charge is -2.40. The molecule has 1 aliphatic rings. The van der Waals surface area contributed by atoms with Gasteiger partial charge >= 0.3 is 0 Å². The summed E-state index contributed by atoms with van der Waals surface area (Å²) in [5.41, 5.74) is 0.291. The Morgan fingerprint density at radius 1 is 1.17 bits per heavy atom. The SMILES string of the molecule is CN1CCN(C)C(C(O)c2cc(F)cc(F)c2)C1. The molecular formula is C13H18F2N2O. The molecule has 1 fully saturated rings. The second-order valence-electron chi connectivity index (χ2n) is 4.96. The highest BCUT2D eigenvalue weighted by atomic mass is 19.1. The van der Waals surface area contributed by atoms with Crippen LogP contribution in [0.1, 0.15) is 11.7 Å².